The maximum absolute atomic E-state index is 11.2. The van der Waals surface area contributed by atoms with Crippen LogP contribution in [0.2, 0.25) is 0 Å². The molecule has 19 heavy (non-hydrogen) atoms. The van der Waals surface area contributed by atoms with Crippen LogP contribution < -0.4 is 4.74 Å². The molecule has 2 atom stereocenters. The van der Waals surface area contributed by atoms with Crippen LogP contribution in [0, 0.1) is 5.92 Å². The molecular weight excluding hydrogens is 240 g/mol. The zero-order valence-electron chi connectivity index (χ0n) is 12.4. The first-order valence-electron chi connectivity index (χ1n) is 6.76. The van der Waals surface area contributed by atoms with E-state index in [1.165, 1.54) is 0 Å². The summed E-state index contributed by atoms with van der Waals surface area (Å²) in [7, 11) is 0. The van der Waals surface area contributed by atoms with E-state index in [2.05, 4.69) is 0 Å². The Hall–Kier alpha value is -1.51. The van der Waals surface area contributed by atoms with Crippen molar-refractivity contribution in [2.24, 2.45) is 5.92 Å². The molecule has 0 saturated heterocycles. The Labute approximate surface area is 115 Å². The predicted octanol–water partition coefficient (Wildman–Crippen LogP) is 4.08. The summed E-state index contributed by atoms with van der Waals surface area (Å²) in [6, 6.07) is 7.77. The second-order valence-electron chi connectivity index (χ2n) is 5.93. The van der Waals surface area contributed by atoms with E-state index < -0.39 is 11.9 Å². The van der Waals surface area contributed by atoms with E-state index in [9.17, 15) is 4.79 Å². The normalized spacial score (nSPS) is 14.8. The van der Waals surface area contributed by atoms with Gasteiger partial charge in [-0.25, -0.2) is 0 Å². The third-order valence-electron chi connectivity index (χ3n) is 3.14. The van der Waals surface area contributed by atoms with Gasteiger partial charge in [0, 0.05) is 0 Å². The zero-order chi connectivity index (χ0) is 14.6. The van der Waals surface area contributed by atoms with Crippen molar-refractivity contribution >= 4 is 5.97 Å². The van der Waals surface area contributed by atoms with Crippen LogP contribution in [0.3, 0.4) is 0 Å². The first kappa shape index (κ1) is 15.5. The van der Waals surface area contributed by atoms with Crippen molar-refractivity contribution in [2.45, 2.75) is 52.6 Å². The zero-order valence-corrected chi connectivity index (χ0v) is 12.4. The SMILES string of the molecule is CC[C@@H](c1cccc(OC(C)(C)C)c1)[C@@H](C)C(=O)O. The highest BCUT2D eigenvalue weighted by Crippen LogP contribution is 2.31. The van der Waals surface area contributed by atoms with Crippen LogP contribution in [0.25, 0.3) is 0 Å². The Morgan fingerprint density at radius 2 is 2.00 bits per heavy atom. The van der Waals surface area contributed by atoms with Gasteiger partial charge >= 0.3 is 5.97 Å². The monoisotopic (exact) mass is 264 g/mol. The number of aliphatic carboxylic acids is 1. The molecule has 3 heteroatoms. The number of hydrogen-bond acceptors (Lipinski definition) is 2. The van der Waals surface area contributed by atoms with Gasteiger partial charge in [-0.2, -0.15) is 0 Å². The number of carbonyl (C=O) groups is 1. The summed E-state index contributed by atoms with van der Waals surface area (Å²) in [5.41, 5.74) is 0.776. The summed E-state index contributed by atoms with van der Waals surface area (Å²) < 4.78 is 5.83. The Morgan fingerprint density at radius 1 is 1.37 bits per heavy atom. The van der Waals surface area contributed by atoms with Crippen molar-refractivity contribution in [3.05, 3.63) is 29.8 Å². The molecule has 1 rings (SSSR count). The van der Waals surface area contributed by atoms with Gasteiger partial charge in [0.15, 0.2) is 0 Å². The lowest BCUT2D eigenvalue weighted by Crippen LogP contribution is -2.23. The first-order valence-corrected chi connectivity index (χ1v) is 6.76. The molecule has 0 saturated carbocycles. The van der Waals surface area contributed by atoms with E-state index in [1.807, 2.05) is 52.0 Å². The van der Waals surface area contributed by atoms with Gasteiger partial charge in [-0.05, 0) is 50.8 Å². The third-order valence-corrected chi connectivity index (χ3v) is 3.14. The van der Waals surface area contributed by atoms with E-state index >= 15 is 0 Å². The van der Waals surface area contributed by atoms with Crippen LogP contribution in [0.5, 0.6) is 5.75 Å². The van der Waals surface area contributed by atoms with Crippen molar-refractivity contribution < 1.29 is 14.6 Å². The van der Waals surface area contributed by atoms with Gasteiger partial charge in [-0.1, -0.05) is 26.0 Å². The smallest absolute Gasteiger partial charge is 0.306 e. The van der Waals surface area contributed by atoms with Gasteiger partial charge < -0.3 is 9.84 Å². The number of rotatable bonds is 5. The highest BCUT2D eigenvalue weighted by Gasteiger charge is 2.24. The molecule has 0 aliphatic heterocycles. The molecule has 0 aliphatic rings. The highest BCUT2D eigenvalue weighted by molar-refractivity contribution is 5.71. The summed E-state index contributed by atoms with van der Waals surface area (Å²) in [4.78, 5) is 11.2. The van der Waals surface area contributed by atoms with Crippen molar-refractivity contribution in [1.82, 2.24) is 0 Å². The Morgan fingerprint density at radius 3 is 2.47 bits per heavy atom. The maximum atomic E-state index is 11.2. The Kier molecular flexibility index (Phi) is 4.98. The van der Waals surface area contributed by atoms with Crippen LogP contribution in [0.15, 0.2) is 24.3 Å². The lowest BCUT2D eigenvalue weighted by molar-refractivity contribution is -0.141. The number of benzene rings is 1. The minimum absolute atomic E-state index is 0.0148. The fourth-order valence-corrected chi connectivity index (χ4v) is 2.21. The maximum Gasteiger partial charge on any atom is 0.306 e. The molecule has 0 aromatic heterocycles. The second kappa shape index (κ2) is 6.09. The lowest BCUT2D eigenvalue weighted by atomic mass is 9.85. The third kappa shape index (κ3) is 4.58. The van der Waals surface area contributed by atoms with E-state index in [1.54, 1.807) is 6.92 Å². The summed E-state index contributed by atoms with van der Waals surface area (Å²) in [6.07, 6.45) is 0.798. The van der Waals surface area contributed by atoms with Crippen molar-refractivity contribution in [3.63, 3.8) is 0 Å². The average molecular weight is 264 g/mol. The highest BCUT2D eigenvalue weighted by atomic mass is 16.5. The Balaban J connectivity index is 2.99. The molecule has 0 aliphatic carbocycles. The van der Waals surface area contributed by atoms with Crippen molar-refractivity contribution in [2.75, 3.05) is 0 Å². The van der Waals surface area contributed by atoms with Gasteiger partial charge in [0.2, 0.25) is 0 Å². The fourth-order valence-electron chi connectivity index (χ4n) is 2.21. The van der Waals surface area contributed by atoms with Gasteiger partial charge in [0.25, 0.3) is 0 Å². The van der Waals surface area contributed by atoms with Gasteiger partial charge in [-0.15, -0.1) is 0 Å². The molecule has 1 aromatic rings. The molecule has 0 spiro atoms. The van der Waals surface area contributed by atoms with Crippen LogP contribution in [0.1, 0.15) is 52.5 Å². The molecule has 0 bridgehead atoms. The molecule has 0 unspecified atom stereocenters. The van der Waals surface area contributed by atoms with Gasteiger partial charge in [0.1, 0.15) is 11.4 Å². The van der Waals surface area contributed by atoms with E-state index in [0.29, 0.717) is 0 Å². The lowest BCUT2D eigenvalue weighted by Gasteiger charge is -2.24. The molecule has 0 heterocycles. The molecular formula is C16H24O3. The van der Waals surface area contributed by atoms with Crippen molar-refractivity contribution in [3.8, 4) is 5.75 Å². The van der Waals surface area contributed by atoms with Crippen LogP contribution in [-0.4, -0.2) is 16.7 Å². The van der Waals surface area contributed by atoms with E-state index in [0.717, 1.165) is 17.7 Å². The van der Waals surface area contributed by atoms with Gasteiger partial charge in [-0.3, -0.25) is 4.79 Å². The molecule has 1 N–H and O–H groups in total. The van der Waals surface area contributed by atoms with Crippen LogP contribution in [0.4, 0.5) is 0 Å². The van der Waals surface area contributed by atoms with Gasteiger partial charge in [0.05, 0.1) is 5.92 Å². The minimum atomic E-state index is -0.756. The number of ether oxygens (including phenoxy) is 1. The Bertz CT molecular complexity index is 432. The minimum Gasteiger partial charge on any atom is -0.488 e. The molecule has 0 amide bonds. The number of carboxylic acid groups (broad SMARTS) is 1. The van der Waals surface area contributed by atoms with Crippen LogP contribution >= 0.6 is 0 Å². The topological polar surface area (TPSA) is 46.5 Å². The van der Waals surface area contributed by atoms with E-state index in [4.69, 9.17) is 9.84 Å². The molecule has 0 radical (unpaired) electrons. The predicted molar refractivity (Wildman–Crippen MR) is 76.7 cm³/mol. The fraction of sp³-hybridized carbons (Fsp3) is 0.562. The summed E-state index contributed by atoms with van der Waals surface area (Å²) in [5.74, 6) is -0.342. The number of hydrogen-bond donors (Lipinski definition) is 1. The summed E-state index contributed by atoms with van der Waals surface area (Å²) >= 11 is 0. The van der Waals surface area contributed by atoms with E-state index in [-0.39, 0.29) is 11.5 Å². The quantitative estimate of drug-likeness (QED) is 0.871. The van der Waals surface area contributed by atoms with Crippen LogP contribution in [-0.2, 0) is 4.79 Å². The standard InChI is InChI=1S/C16H24O3/c1-6-14(11(2)15(17)18)12-8-7-9-13(10-12)19-16(3,4)5/h7-11,14H,6H2,1-5H3,(H,17,18)/t11-,14-/m1/s1. The molecule has 3 nitrogen and oxygen atoms in total. The summed E-state index contributed by atoms with van der Waals surface area (Å²) in [5, 5.41) is 9.17. The molecule has 106 valence electrons. The first-order chi connectivity index (χ1) is 8.74. The molecule has 0 fully saturated rings. The second-order valence-corrected chi connectivity index (χ2v) is 5.93. The summed E-state index contributed by atoms with van der Waals surface area (Å²) in [6.45, 7) is 9.76. The number of carboxylic acids is 1. The largest absolute Gasteiger partial charge is 0.488 e. The molecule has 1 aromatic carbocycles. The van der Waals surface area contributed by atoms with Crippen molar-refractivity contribution in [1.29, 1.82) is 0 Å². The average Bonchev–Trinajstić information content (AvgIpc) is 2.27.